The summed E-state index contributed by atoms with van der Waals surface area (Å²) in [5, 5.41) is 3.34. The van der Waals surface area contributed by atoms with Crippen molar-refractivity contribution in [3.63, 3.8) is 0 Å². The van der Waals surface area contributed by atoms with Crippen molar-refractivity contribution in [1.82, 2.24) is 5.32 Å². The third kappa shape index (κ3) is 3.10. The van der Waals surface area contributed by atoms with Crippen molar-refractivity contribution in [2.24, 2.45) is 0 Å². The van der Waals surface area contributed by atoms with Crippen LogP contribution < -0.4 is 15.0 Å². The van der Waals surface area contributed by atoms with Gasteiger partial charge in [0.25, 0.3) is 5.91 Å². The van der Waals surface area contributed by atoms with Gasteiger partial charge in [-0.2, -0.15) is 0 Å². The Morgan fingerprint density at radius 2 is 1.91 bits per heavy atom. The predicted molar refractivity (Wildman–Crippen MR) is 95.4 cm³/mol. The zero-order valence-electron chi connectivity index (χ0n) is 12.9. The summed E-state index contributed by atoms with van der Waals surface area (Å²) in [5.74, 6) is 0.498. The number of rotatable bonds is 3. The average molecular weight is 324 g/mol. The number of amides is 1. The van der Waals surface area contributed by atoms with E-state index in [4.69, 9.17) is 17.0 Å². The van der Waals surface area contributed by atoms with Gasteiger partial charge in [0.1, 0.15) is 11.4 Å². The van der Waals surface area contributed by atoms with E-state index in [2.05, 4.69) is 5.32 Å². The molecule has 23 heavy (non-hydrogen) atoms. The first-order valence-electron chi connectivity index (χ1n) is 7.16. The highest BCUT2D eigenvalue weighted by Crippen LogP contribution is 2.26. The number of anilines is 1. The van der Waals surface area contributed by atoms with Crippen LogP contribution in [0.15, 0.2) is 54.2 Å². The fourth-order valence-corrected chi connectivity index (χ4v) is 2.65. The van der Waals surface area contributed by atoms with Crippen molar-refractivity contribution in [3.8, 4) is 5.75 Å². The predicted octanol–water partition coefficient (Wildman–Crippen LogP) is 3.27. The molecule has 0 aromatic heterocycles. The van der Waals surface area contributed by atoms with Crippen molar-refractivity contribution >= 4 is 35.0 Å². The number of carbonyl (C=O) groups is 1. The van der Waals surface area contributed by atoms with Crippen LogP contribution in [-0.2, 0) is 4.79 Å². The Morgan fingerprint density at radius 3 is 2.61 bits per heavy atom. The highest BCUT2D eigenvalue weighted by Gasteiger charge is 2.32. The third-order valence-corrected chi connectivity index (χ3v) is 3.86. The first kappa shape index (κ1) is 15.2. The second-order valence-electron chi connectivity index (χ2n) is 5.24. The molecule has 1 amide bonds. The maximum absolute atomic E-state index is 12.7. The molecule has 3 rings (SSSR count). The minimum atomic E-state index is -0.177. The Hall–Kier alpha value is -2.66. The first-order valence-corrected chi connectivity index (χ1v) is 7.57. The minimum absolute atomic E-state index is 0.177. The fourth-order valence-electron chi connectivity index (χ4n) is 2.35. The Balaban J connectivity index is 1.91. The first-order chi connectivity index (χ1) is 11.1. The SMILES string of the molecule is COc1cccc(N2C(=O)/C(=C/c3ccc(C)cc3)NC2=S)c1. The highest BCUT2D eigenvalue weighted by atomic mass is 32.1. The molecule has 2 aromatic rings. The van der Waals surface area contributed by atoms with Gasteiger partial charge in [-0.1, -0.05) is 35.9 Å². The quantitative estimate of drug-likeness (QED) is 0.695. The van der Waals surface area contributed by atoms with E-state index in [0.717, 1.165) is 5.56 Å². The molecule has 1 fully saturated rings. The van der Waals surface area contributed by atoms with Crippen molar-refractivity contribution in [3.05, 3.63) is 65.4 Å². The van der Waals surface area contributed by atoms with Crippen LogP contribution >= 0.6 is 12.2 Å². The van der Waals surface area contributed by atoms with Gasteiger partial charge in [-0.05, 0) is 42.9 Å². The number of benzene rings is 2. The summed E-state index contributed by atoms with van der Waals surface area (Å²) in [7, 11) is 1.59. The van der Waals surface area contributed by atoms with Gasteiger partial charge in [0.2, 0.25) is 0 Å². The normalized spacial score (nSPS) is 15.9. The number of hydrogen-bond acceptors (Lipinski definition) is 3. The molecule has 0 spiro atoms. The molecular weight excluding hydrogens is 308 g/mol. The molecule has 116 valence electrons. The van der Waals surface area contributed by atoms with Crippen LogP contribution in [0.1, 0.15) is 11.1 Å². The van der Waals surface area contributed by atoms with Crippen LogP contribution in [0.5, 0.6) is 5.75 Å². The van der Waals surface area contributed by atoms with Crippen LogP contribution in [0.4, 0.5) is 5.69 Å². The van der Waals surface area contributed by atoms with E-state index in [1.54, 1.807) is 19.3 Å². The van der Waals surface area contributed by atoms with Gasteiger partial charge in [0.05, 0.1) is 12.8 Å². The molecule has 2 aromatic carbocycles. The topological polar surface area (TPSA) is 41.6 Å². The van der Waals surface area contributed by atoms with Crippen LogP contribution in [0.25, 0.3) is 6.08 Å². The molecule has 0 radical (unpaired) electrons. The number of ether oxygens (including phenoxy) is 1. The number of nitrogens with one attached hydrogen (secondary N) is 1. The molecule has 1 N–H and O–H groups in total. The maximum Gasteiger partial charge on any atom is 0.281 e. The van der Waals surface area contributed by atoms with Crippen molar-refractivity contribution in [1.29, 1.82) is 0 Å². The van der Waals surface area contributed by atoms with Crippen LogP contribution in [0.3, 0.4) is 0 Å². The van der Waals surface area contributed by atoms with E-state index in [1.807, 2.05) is 49.4 Å². The van der Waals surface area contributed by atoms with Crippen LogP contribution in [-0.4, -0.2) is 18.1 Å². The van der Waals surface area contributed by atoms with E-state index < -0.39 is 0 Å². The maximum atomic E-state index is 12.7. The number of carbonyl (C=O) groups excluding carboxylic acids is 1. The molecule has 1 aliphatic rings. The summed E-state index contributed by atoms with van der Waals surface area (Å²) < 4.78 is 5.20. The molecular formula is C18H16N2O2S. The van der Waals surface area contributed by atoms with Gasteiger partial charge in [-0.15, -0.1) is 0 Å². The van der Waals surface area contributed by atoms with Gasteiger partial charge < -0.3 is 10.1 Å². The van der Waals surface area contributed by atoms with E-state index in [9.17, 15) is 4.79 Å². The Morgan fingerprint density at radius 1 is 1.17 bits per heavy atom. The van der Waals surface area contributed by atoms with Crippen LogP contribution in [0.2, 0.25) is 0 Å². The van der Waals surface area contributed by atoms with Gasteiger partial charge in [-0.3, -0.25) is 9.69 Å². The summed E-state index contributed by atoms with van der Waals surface area (Å²) in [4.78, 5) is 14.1. The smallest absolute Gasteiger partial charge is 0.281 e. The van der Waals surface area contributed by atoms with Crippen molar-refractivity contribution in [2.75, 3.05) is 12.0 Å². The van der Waals surface area contributed by atoms with Crippen LogP contribution in [0, 0.1) is 6.92 Å². The lowest BCUT2D eigenvalue weighted by atomic mass is 10.1. The molecule has 4 nitrogen and oxygen atoms in total. The van der Waals surface area contributed by atoms with Gasteiger partial charge in [0, 0.05) is 6.07 Å². The number of methoxy groups -OCH3 is 1. The molecule has 0 aliphatic carbocycles. The average Bonchev–Trinajstić information content (AvgIpc) is 2.83. The Labute approximate surface area is 140 Å². The minimum Gasteiger partial charge on any atom is -0.497 e. The summed E-state index contributed by atoms with van der Waals surface area (Å²) in [6.45, 7) is 2.02. The molecule has 5 heteroatoms. The molecule has 0 atom stereocenters. The Bertz CT molecular complexity index is 797. The monoisotopic (exact) mass is 324 g/mol. The summed E-state index contributed by atoms with van der Waals surface area (Å²) in [6, 6.07) is 15.2. The Kier molecular flexibility index (Phi) is 4.12. The second-order valence-corrected chi connectivity index (χ2v) is 5.63. The molecule has 1 aliphatic heterocycles. The molecule has 0 saturated carbocycles. The van der Waals surface area contributed by atoms with Gasteiger partial charge >= 0.3 is 0 Å². The zero-order chi connectivity index (χ0) is 16.4. The third-order valence-electron chi connectivity index (χ3n) is 3.58. The zero-order valence-corrected chi connectivity index (χ0v) is 13.7. The summed E-state index contributed by atoms with van der Waals surface area (Å²) >= 11 is 5.31. The van der Waals surface area contributed by atoms with Crippen molar-refractivity contribution in [2.45, 2.75) is 6.92 Å². The van der Waals surface area contributed by atoms with E-state index in [1.165, 1.54) is 10.5 Å². The standard InChI is InChI=1S/C18H16N2O2S/c1-12-6-8-13(9-7-12)10-16-17(21)20(18(23)19-16)14-4-3-5-15(11-14)22-2/h3-11H,1-2H3,(H,19,23)/b16-10-. The highest BCUT2D eigenvalue weighted by molar-refractivity contribution is 7.80. The second kappa shape index (κ2) is 6.22. The largest absolute Gasteiger partial charge is 0.497 e. The molecule has 0 bridgehead atoms. The van der Waals surface area contributed by atoms with E-state index in [-0.39, 0.29) is 5.91 Å². The number of hydrogen-bond donors (Lipinski definition) is 1. The van der Waals surface area contributed by atoms with Gasteiger partial charge in [0.15, 0.2) is 5.11 Å². The van der Waals surface area contributed by atoms with Crippen molar-refractivity contribution < 1.29 is 9.53 Å². The lowest BCUT2D eigenvalue weighted by Crippen LogP contribution is -2.30. The summed E-state index contributed by atoms with van der Waals surface area (Å²) in [6.07, 6.45) is 1.80. The molecule has 1 heterocycles. The molecule has 1 saturated heterocycles. The van der Waals surface area contributed by atoms with Gasteiger partial charge in [-0.25, -0.2) is 0 Å². The molecule has 0 unspecified atom stereocenters. The van der Waals surface area contributed by atoms with E-state index in [0.29, 0.717) is 22.2 Å². The number of aryl methyl sites for hydroxylation is 1. The lowest BCUT2D eigenvalue weighted by molar-refractivity contribution is -0.113. The van der Waals surface area contributed by atoms with E-state index >= 15 is 0 Å². The fraction of sp³-hybridized carbons (Fsp3) is 0.111. The number of nitrogens with zero attached hydrogens (tertiary/aromatic N) is 1. The lowest BCUT2D eigenvalue weighted by Gasteiger charge is -2.14. The number of thiocarbonyl (C=S) groups is 1. The summed E-state index contributed by atoms with van der Waals surface area (Å²) in [5.41, 5.74) is 3.26.